The van der Waals surface area contributed by atoms with Crippen molar-refractivity contribution in [2.24, 2.45) is 4.99 Å². The van der Waals surface area contributed by atoms with E-state index in [2.05, 4.69) is 11.9 Å². The number of benzene rings is 1. The lowest BCUT2D eigenvalue weighted by Crippen LogP contribution is -2.10. The van der Waals surface area contributed by atoms with Crippen molar-refractivity contribution in [2.75, 3.05) is 6.61 Å². The van der Waals surface area contributed by atoms with Gasteiger partial charge in [-0.2, -0.15) is 0 Å². The number of ether oxygens (including phenoxy) is 1. The monoisotopic (exact) mass is 261 g/mol. The van der Waals surface area contributed by atoms with E-state index in [0.29, 0.717) is 19.6 Å². The number of nitrogens with zero attached hydrogens (tertiary/aromatic N) is 1. The van der Waals surface area contributed by atoms with Crippen LogP contribution in [0.2, 0.25) is 0 Å². The number of hydrogen-bond acceptors (Lipinski definition) is 3. The summed E-state index contributed by atoms with van der Waals surface area (Å²) >= 11 is 0. The van der Waals surface area contributed by atoms with Gasteiger partial charge in [0.15, 0.2) is 0 Å². The lowest BCUT2D eigenvalue weighted by molar-refractivity contribution is -0.142. The van der Waals surface area contributed by atoms with E-state index in [4.69, 9.17) is 4.74 Å². The van der Waals surface area contributed by atoms with Crippen molar-refractivity contribution in [1.29, 1.82) is 0 Å². The second-order valence-corrected chi connectivity index (χ2v) is 4.64. The van der Waals surface area contributed by atoms with Gasteiger partial charge in [-0.05, 0) is 18.9 Å². The van der Waals surface area contributed by atoms with Crippen LogP contribution in [0.25, 0.3) is 0 Å². The first kappa shape index (κ1) is 15.4. The van der Waals surface area contributed by atoms with Crippen molar-refractivity contribution in [1.82, 2.24) is 0 Å². The van der Waals surface area contributed by atoms with E-state index in [1.165, 1.54) is 0 Å². The zero-order valence-corrected chi connectivity index (χ0v) is 11.9. The minimum absolute atomic E-state index is 0.176. The van der Waals surface area contributed by atoms with Crippen molar-refractivity contribution < 1.29 is 9.53 Å². The van der Waals surface area contributed by atoms with Crippen LogP contribution in [0.5, 0.6) is 0 Å². The molecule has 0 atom stereocenters. The average molecular weight is 261 g/mol. The zero-order valence-electron chi connectivity index (χ0n) is 11.9. The molecule has 0 N–H and O–H groups in total. The van der Waals surface area contributed by atoms with Gasteiger partial charge in [-0.3, -0.25) is 9.79 Å². The van der Waals surface area contributed by atoms with Crippen molar-refractivity contribution in [3.05, 3.63) is 35.9 Å². The summed E-state index contributed by atoms with van der Waals surface area (Å²) in [6.45, 7) is 5.15. The van der Waals surface area contributed by atoms with Crippen LogP contribution >= 0.6 is 0 Å². The van der Waals surface area contributed by atoms with E-state index in [1.54, 1.807) is 0 Å². The standard InChI is InChI=1S/C16H23NO2/c1-3-4-8-11-19-16(18)12-14(2)17-13-15-9-6-5-7-10-15/h5-7,9-10H,3-4,8,11-13H2,1-2H3/b17-14+. The highest BCUT2D eigenvalue weighted by atomic mass is 16.5. The molecule has 0 saturated heterocycles. The molecular formula is C16H23NO2. The molecule has 0 aliphatic carbocycles. The van der Waals surface area contributed by atoms with Gasteiger partial charge in [-0.25, -0.2) is 0 Å². The maximum Gasteiger partial charge on any atom is 0.311 e. The van der Waals surface area contributed by atoms with E-state index in [9.17, 15) is 4.79 Å². The van der Waals surface area contributed by atoms with Crippen molar-refractivity contribution in [3.8, 4) is 0 Å². The Hall–Kier alpha value is -1.64. The molecule has 104 valence electrons. The molecule has 0 amide bonds. The number of unbranched alkanes of at least 4 members (excludes halogenated alkanes) is 2. The predicted octanol–water partition coefficient (Wildman–Crippen LogP) is 3.77. The molecule has 0 heterocycles. The molecule has 1 aromatic rings. The largest absolute Gasteiger partial charge is 0.465 e. The Kier molecular flexibility index (Phi) is 7.56. The lowest BCUT2D eigenvalue weighted by atomic mass is 10.2. The minimum Gasteiger partial charge on any atom is -0.465 e. The minimum atomic E-state index is -0.176. The van der Waals surface area contributed by atoms with Gasteiger partial charge >= 0.3 is 5.97 Å². The molecule has 3 nitrogen and oxygen atoms in total. The Labute approximate surface area is 115 Å². The molecule has 0 aliphatic rings. The van der Waals surface area contributed by atoms with Crippen LogP contribution in [0.15, 0.2) is 35.3 Å². The normalized spacial score (nSPS) is 11.4. The highest BCUT2D eigenvalue weighted by Gasteiger charge is 2.04. The number of hydrogen-bond donors (Lipinski definition) is 0. The summed E-state index contributed by atoms with van der Waals surface area (Å²) in [7, 11) is 0. The number of carbonyl (C=O) groups excluding carboxylic acids is 1. The molecule has 0 saturated carbocycles. The van der Waals surface area contributed by atoms with Gasteiger partial charge in [0.2, 0.25) is 0 Å². The zero-order chi connectivity index (χ0) is 13.9. The van der Waals surface area contributed by atoms with Crippen LogP contribution in [0.4, 0.5) is 0 Å². The highest BCUT2D eigenvalue weighted by molar-refractivity contribution is 5.97. The topological polar surface area (TPSA) is 38.7 Å². The molecular weight excluding hydrogens is 238 g/mol. The molecule has 0 spiro atoms. The molecule has 3 heteroatoms. The molecule has 1 rings (SSSR count). The first-order chi connectivity index (χ1) is 9.22. The van der Waals surface area contributed by atoms with Crippen LogP contribution < -0.4 is 0 Å². The van der Waals surface area contributed by atoms with Crippen LogP contribution in [-0.2, 0) is 16.1 Å². The van der Waals surface area contributed by atoms with Gasteiger partial charge in [-0.1, -0.05) is 50.1 Å². The average Bonchev–Trinajstić information content (AvgIpc) is 2.42. The smallest absolute Gasteiger partial charge is 0.311 e. The Bertz CT molecular complexity index is 398. The molecule has 0 aliphatic heterocycles. The lowest BCUT2D eigenvalue weighted by Gasteiger charge is -2.04. The van der Waals surface area contributed by atoms with Crippen molar-refractivity contribution in [3.63, 3.8) is 0 Å². The molecule has 1 aromatic carbocycles. The van der Waals surface area contributed by atoms with E-state index in [1.807, 2.05) is 37.3 Å². The molecule has 0 fully saturated rings. The second-order valence-electron chi connectivity index (χ2n) is 4.64. The fraction of sp³-hybridized carbons (Fsp3) is 0.500. The summed E-state index contributed by atoms with van der Waals surface area (Å²) in [6.07, 6.45) is 3.48. The Morgan fingerprint density at radius 1 is 1.21 bits per heavy atom. The van der Waals surface area contributed by atoms with Crippen molar-refractivity contribution in [2.45, 2.75) is 46.1 Å². The fourth-order valence-corrected chi connectivity index (χ4v) is 1.66. The quantitative estimate of drug-likeness (QED) is 0.406. The van der Waals surface area contributed by atoms with Crippen LogP contribution in [0, 0.1) is 0 Å². The second kappa shape index (κ2) is 9.31. The van der Waals surface area contributed by atoms with Gasteiger partial charge in [0.25, 0.3) is 0 Å². The third-order valence-corrected chi connectivity index (χ3v) is 2.79. The Balaban J connectivity index is 2.25. The van der Waals surface area contributed by atoms with Crippen molar-refractivity contribution >= 4 is 11.7 Å². The summed E-state index contributed by atoms with van der Waals surface area (Å²) in [5, 5.41) is 0. The maximum atomic E-state index is 11.5. The summed E-state index contributed by atoms with van der Waals surface area (Å²) < 4.78 is 5.15. The number of rotatable bonds is 8. The predicted molar refractivity (Wildman–Crippen MR) is 78.4 cm³/mol. The Morgan fingerprint density at radius 2 is 1.95 bits per heavy atom. The van der Waals surface area contributed by atoms with E-state index in [0.717, 1.165) is 30.5 Å². The number of aliphatic imine (C=N–C) groups is 1. The Morgan fingerprint density at radius 3 is 2.63 bits per heavy atom. The van der Waals surface area contributed by atoms with Crippen LogP contribution in [0.1, 0.15) is 45.1 Å². The maximum absolute atomic E-state index is 11.5. The third-order valence-electron chi connectivity index (χ3n) is 2.79. The molecule has 0 unspecified atom stereocenters. The molecule has 0 radical (unpaired) electrons. The van der Waals surface area contributed by atoms with E-state index < -0.39 is 0 Å². The summed E-state index contributed by atoms with van der Waals surface area (Å²) in [5.41, 5.74) is 1.97. The number of esters is 1. The van der Waals surface area contributed by atoms with Crippen LogP contribution in [-0.4, -0.2) is 18.3 Å². The SMILES string of the molecule is CCCCCOC(=O)C/C(C)=N/Cc1ccccc1. The third kappa shape index (κ3) is 7.39. The number of carbonyl (C=O) groups is 1. The first-order valence-corrected chi connectivity index (χ1v) is 6.92. The van der Waals surface area contributed by atoms with Gasteiger partial charge < -0.3 is 4.74 Å². The summed E-state index contributed by atoms with van der Waals surface area (Å²) in [6, 6.07) is 10.0. The van der Waals surface area contributed by atoms with Gasteiger partial charge in [-0.15, -0.1) is 0 Å². The van der Waals surface area contributed by atoms with E-state index >= 15 is 0 Å². The fourth-order valence-electron chi connectivity index (χ4n) is 1.66. The van der Waals surface area contributed by atoms with Gasteiger partial charge in [0.05, 0.1) is 19.6 Å². The van der Waals surface area contributed by atoms with Gasteiger partial charge in [0, 0.05) is 5.71 Å². The molecule has 0 bridgehead atoms. The van der Waals surface area contributed by atoms with Crippen LogP contribution in [0.3, 0.4) is 0 Å². The highest BCUT2D eigenvalue weighted by Crippen LogP contribution is 2.02. The van der Waals surface area contributed by atoms with E-state index in [-0.39, 0.29) is 5.97 Å². The summed E-state index contributed by atoms with van der Waals surface area (Å²) in [4.78, 5) is 15.9. The molecule has 19 heavy (non-hydrogen) atoms. The summed E-state index contributed by atoms with van der Waals surface area (Å²) in [5.74, 6) is -0.176. The van der Waals surface area contributed by atoms with Gasteiger partial charge in [0.1, 0.15) is 0 Å². The molecule has 0 aromatic heterocycles. The first-order valence-electron chi connectivity index (χ1n) is 6.92.